The Kier molecular flexibility index (Phi) is 6.49. The molecule has 2 aromatic carbocycles. The Bertz CT molecular complexity index is 746. The number of nitrogens with one attached hydrogen (secondary N) is 1. The summed E-state index contributed by atoms with van der Waals surface area (Å²) in [4.78, 5) is 12.2. The first-order valence-electron chi connectivity index (χ1n) is 8.11. The number of benzene rings is 2. The number of carbonyl (C=O) groups is 1. The Morgan fingerprint density at radius 2 is 1.81 bits per heavy atom. The van der Waals surface area contributed by atoms with Crippen molar-refractivity contribution in [1.82, 2.24) is 5.32 Å². The molecule has 1 N–H and O–H groups in total. The highest BCUT2D eigenvalue weighted by Crippen LogP contribution is 2.39. The molecule has 0 aliphatic rings. The topological polar surface area (TPSA) is 47.6 Å². The van der Waals surface area contributed by atoms with E-state index in [1.165, 1.54) is 7.11 Å². The molecule has 4 nitrogen and oxygen atoms in total. The molecule has 0 aromatic heterocycles. The minimum Gasteiger partial charge on any atom is -0.493 e. The van der Waals surface area contributed by atoms with E-state index in [1.54, 1.807) is 0 Å². The third-order valence-corrected chi connectivity index (χ3v) is 3.63. The molecule has 2 aromatic rings. The lowest BCUT2D eigenvalue weighted by Gasteiger charge is -2.17. The van der Waals surface area contributed by atoms with E-state index < -0.39 is 23.2 Å². The summed E-state index contributed by atoms with van der Waals surface area (Å²) in [6, 6.07) is 11.0. The number of carbonyl (C=O) groups excluding carboxylic acids is 1. The van der Waals surface area contributed by atoms with E-state index in [0.717, 1.165) is 17.7 Å². The zero-order valence-corrected chi connectivity index (χ0v) is 14.5. The first-order chi connectivity index (χ1) is 12.4. The highest BCUT2D eigenvalue weighted by Gasteiger charge is 2.36. The zero-order valence-electron chi connectivity index (χ0n) is 14.5. The maximum absolute atomic E-state index is 13.4. The van der Waals surface area contributed by atoms with Crippen molar-refractivity contribution in [3.63, 3.8) is 0 Å². The van der Waals surface area contributed by atoms with Gasteiger partial charge in [0.1, 0.15) is 6.61 Å². The van der Waals surface area contributed by atoms with Gasteiger partial charge in [0.2, 0.25) is 0 Å². The lowest BCUT2D eigenvalue weighted by molar-refractivity contribution is -0.138. The number of methoxy groups -OCH3 is 1. The second-order valence-corrected chi connectivity index (χ2v) is 5.58. The highest BCUT2D eigenvalue weighted by molar-refractivity contribution is 5.96. The number of ether oxygens (including phenoxy) is 2. The number of amides is 1. The summed E-state index contributed by atoms with van der Waals surface area (Å²) in [5.74, 6) is -0.808. The summed E-state index contributed by atoms with van der Waals surface area (Å²) in [6.07, 6.45) is -4.08. The van der Waals surface area contributed by atoms with Gasteiger partial charge in [0.15, 0.2) is 11.5 Å². The van der Waals surface area contributed by atoms with Crippen LogP contribution in [0.2, 0.25) is 0 Å². The van der Waals surface area contributed by atoms with Gasteiger partial charge in [-0.25, -0.2) is 0 Å². The lowest BCUT2D eigenvalue weighted by Crippen LogP contribution is -2.27. The Labute approximate surface area is 149 Å². The number of halogens is 3. The van der Waals surface area contributed by atoms with E-state index in [4.69, 9.17) is 9.47 Å². The van der Waals surface area contributed by atoms with Gasteiger partial charge in [0.25, 0.3) is 5.91 Å². The molecule has 0 heterocycles. The number of hydrogen-bond acceptors (Lipinski definition) is 3. The van der Waals surface area contributed by atoms with Crippen LogP contribution in [0.4, 0.5) is 13.2 Å². The summed E-state index contributed by atoms with van der Waals surface area (Å²) in [6.45, 7) is 2.23. The summed E-state index contributed by atoms with van der Waals surface area (Å²) < 4.78 is 50.7. The summed E-state index contributed by atoms with van der Waals surface area (Å²) in [7, 11) is 1.25. The fourth-order valence-corrected chi connectivity index (χ4v) is 2.32. The lowest BCUT2D eigenvalue weighted by atomic mass is 10.0. The van der Waals surface area contributed by atoms with E-state index in [9.17, 15) is 18.0 Å². The maximum Gasteiger partial charge on any atom is 0.417 e. The second kappa shape index (κ2) is 8.60. The molecular weight excluding hydrogens is 347 g/mol. The summed E-state index contributed by atoms with van der Waals surface area (Å²) in [5.41, 5.74) is -0.712. The third kappa shape index (κ3) is 4.91. The molecular formula is C19H20F3NO3. The summed E-state index contributed by atoms with van der Waals surface area (Å²) in [5, 5.41) is 2.46. The monoisotopic (exact) mass is 367 g/mol. The molecule has 0 aliphatic carbocycles. The van der Waals surface area contributed by atoms with Crippen LogP contribution in [0.3, 0.4) is 0 Å². The van der Waals surface area contributed by atoms with E-state index in [1.807, 2.05) is 37.3 Å². The highest BCUT2D eigenvalue weighted by atomic mass is 19.4. The van der Waals surface area contributed by atoms with Crippen LogP contribution in [0, 0.1) is 0 Å². The molecule has 0 unspecified atom stereocenters. The Morgan fingerprint density at radius 3 is 2.38 bits per heavy atom. The van der Waals surface area contributed by atoms with E-state index in [-0.39, 0.29) is 24.7 Å². The van der Waals surface area contributed by atoms with Crippen LogP contribution in [0.1, 0.15) is 34.8 Å². The van der Waals surface area contributed by atoms with Crippen LogP contribution in [0.25, 0.3) is 0 Å². The van der Waals surface area contributed by atoms with Crippen LogP contribution in [-0.4, -0.2) is 19.6 Å². The quantitative estimate of drug-likeness (QED) is 0.787. The molecule has 0 aliphatic heterocycles. The molecule has 2 rings (SSSR count). The van der Waals surface area contributed by atoms with Crippen LogP contribution >= 0.6 is 0 Å². The molecule has 0 saturated carbocycles. The van der Waals surface area contributed by atoms with Gasteiger partial charge >= 0.3 is 6.18 Å². The van der Waals surface area contributed by atoms with Crippen LogP contribution in [-0.2, 0) is 12.8 Å². The smallest absolute Gasteiger partial charge is 0.417 e. The number of hydrogen-bond donors (Lipinski definition) is 1. The zero-order chi connectivity index (χ0) is 19.2. The first kappa shape index (κ1) is 19.6. The van der Waals surface area contributed by atoms with Crippen molar-refractivity contribution in [3.8, 4) is 11.5 Å². The molecule has 0 bridgehead atoms. The van der Waals surface area contributed by atoms with E-state index in [2.05, 4.69) is 5.32 Å². The minimum absolute atomic E-state index is 0.0750. The third-order valence-electron chi connectivity index (χ3n) is 3.63. The molecule has 0 fully saturated rings. The van der Waals surface area contributed by atoms with Crippen molar-refractivity contribution in [2.45, 2.75) is 26.1 Å². The van der Waals surface area contributed by atoms with Gasteiger partial charge in [-0.05, 0) is 24.1 Å². The second-order valence-electron chi connectivity index (χ2n) is 5.58. The maximum atomic E-state index is 13.4. The Balaban J connectivity index is 2.39. The molecule has 7 heteroatoms. The van der Waals surface area contributed by atoms with Crippen molar-refractivity contribution >= 4 is 5.91 Å². The number of rotatable bonds is 7. The van der Waals surface area contributed by atoms with Crippen molar-refractivity contribution < 1.29 is 27.4 Å². The minimum atomic E-state index is -4.69. The van der Waals surface area contributed by atoms with Crippen LogP contribution in [0.15, 0.2) is 42.5 Å². The molecule has 26 heavy (non-hydrogen) atoms. The molecule has 1 amide bonds. The number of alkyl halides is 3. The van der Waals surface area contributed by atoms with Gasteiger partial charge < -0.3 is 14.8 Å². The molecule has 0 atom stereocenters. The van der Waals surface area contributed by atoms with Crippen molar-refractivity contribution in [3.05, 3.63) is 59.2 Å². The van der Waals surface area contributed by atoms with Gasteiger partial charge in [-0.3, -0.25) is 4.79 Å². The Morgan fingerprint density at radius 1 is 1.12 bits per heavy atom. The predicted octanol–water partition coefficient (Wildman–Crippen LogP) is 4.43. The van der Waals surface area contributed by atoms with Crippen molar-refractivity contribution in [2.24, 2.45) is 0 Å². The van der Waals surface area contributed by atoms with Crippen LogP contribution in [0.5, 0.6) is 11.5 Å². The van der Waals surface area contributed by atoms with Gasteiger partial charge in [-0.1, -0.05) is 37.3 Å². The average molecular weight is 367 g/mol. The Hall–Kier alpha value is -2.70. The standard InChI is InChI=1S/C19H20F3NO3/c1-3-9-23-18(24)14-10-17(26-12-13-7-5-4-6-8-13)16(25-2)11-15(14)19(20,21)22/h4-8,10-11H,3,9,12H2,1-2H3,(H,23,24). The molecule has 0 spiro atoms. The molecule has 0 radical (unpaired) electrons. The SMILES string of the molecule is CCCNC(=O)c1cc(OCc2ccccc2)c(OC)cc1C(F)(F)F. The van der Waals surface area contributed by atoms with E-state index in [0.29, 0.717) is 6.42 Å². The normalized spacial score (nSPS) is 11.1. The summed E-state index contributed by atoms with van der Waals surface area (Å²) >= 11 is 0. The van der Waals surface area contributed by atoms with Crippen LogP contribution < -0.4 is 14.8 Å². The molecule has 140 valence electrons. The van der Waals surface area contributed by atoms with Crippen molar-refractivity contribution in [1.29, 1.82) is 0 Å². The van der Waals surface area contributed by atoms with Crippen molar-refractivity contribution in [2.75, 3.05) is 13.7 Å². The predicted molar refractivity (Wildman–Crippen MR) is 91.4 cm³/mol. The molecule has 0 saturated heterocycles. The average Bonchev–Trinajstić information content (AvgIpc) is 2.63. The van der Waals surface area contributed by atoms with Gasteiger partial charge in [-0.15, -0.1) is 0 Å². The van der Waals surface area contributed by atoms with Gasteiger partial charge in [-0.2, -0.15) is 13.2 Å². The fraction of sp³-hybridized carbons (Fsp3) is 0.316. The van der Waals surface area contributed by atoms with E-state index >= 15 is 0 Å². The van der Waals surface area contributed by atoms with Gasteiger partial charge in [0.05, 0.1) is 18.2 Å². The first-order valence-corrected chi connectivity index (χ1v) is 8.11. The van der Waals surface area contributed by atoms with Gasteiger partial charge in [0, 0.05) is 6.54 Å². The largest absolute Gasteiger partial charge is 0.493 e. The fourth-order valence-electron chi connectivity index (χ4n) is 2.32.